The van der Waals surface area contributed by atoms with Gasteiger partial charge in [0.05, 0.1) is 6.26 Å². The number of benzene rings is 2. The van der Waals surface area contributed by atoms with Crippen LogP contribution in [0.25, 0.3) is 0 Å². The zero-order valence-electron chi connectivity index (χ0n) is 12.5. The fourth-order valence-electron chi connectivity index (χ4n) is 2.12. The minimum absolute atomic E-state index is 0.276. The Balaban J connectivity index is 1.70. The fraction of sp³-hybridized carbons (Fsp3) is 0.0556. The minimum atomic E-state index is -0.276. The molecule has 0 aliphatic rings. The summed E-state index contributed by atoms with van der Waals surface area (Å²) in [5.74, 6) is 0.00292. The van der Waals surface area contributed by atoms with Crippen LogP contribution in [0.2, 0.25) is 5.02 Å². The predicted octanol–water partition coefficient (Wildman–Crippen LogP) is 5.24. The monoisotopic (exact) mass is 326 g/mol. The second-order valence-corrected chi connectivity index (χ2v) is 5.53. The topological polar surface area (TPSA) is 54.3 Å². The van der Waals surface area contributed by atoms with E-state index in [4.69, 9.17) is 16.0 Å². The molecular weight excluding hydrogens is 312 g/mol. The molecule has 1 amide bonds. The molecular formula is C18H15ClN2O2. The molecule has 0 spiro atoms. The third kappa shape index (κ3) is 3.73. The third-order valence-electron chi connectivity index (χ3n) is 3.37. The number of rotatable bonds is 4. The van der Waals surface area contributed by atoms with Gasteiger partial charge in [-0.05, 0) is 61.0 Å². The number of amides is 1. The maximum absolute atomic E-state index is 11.9. The van der Waals surface area contributed by atoms with Crippen molar-refractivity contribution in [2.45, 2.75) is 6.92 Å². The van der Waals surface area contributed by atoms with Crippen molar-refractivity contribution in [3.05, 3.63) is 77.2 Å². The highest BCUT2D eigenvalue weighted by molar-refractivity contribution is 6.30. The first-order valence-corrected chi connectivity index (χ1v) is 7.48. The number of aryl methyl sites for hydroxylation is 1. The molecule has 116 valence electrons. The molecule has 0 saturated heterocycles. The van der Waals surface area contributed by atoms with E-state index >= 15 is 0 Å². The maximum Gasteiger partial charge on any atom is 0.291 e. The summed E-state index contributed by atoms with van der Waals surface area (Å²) >= 11 is 6.02. The second kappa shape index (κ2) is 6.58. The Morgan fingerprint density at radius 1 is 1.04 bits per heavy atom. The van der Waals surface area contributed by atoms with Gasteiger partial charge in [-0.15, -0.1) is 0 Å². The van der Waals surface area contributed by atoms with Crippen LogP contribution in [-0.2, 0) is 0 Å². The van der Waals surface area contributed by atoms with Gasteiger partial charge in [0, 0.05) is 22.1 Å². The number of carbonyl (C=O) groups excluding carboxylic acids is 1. The molecule has 4 nitrogen and oxygen atoms in total. The van der Waals surface area contributed by atoms with Gasteiger partial charge in [-0.1, -0.05) is 17.7 Å². The number of hydrogen-bond acceptors (Lipinski definition) is 3. The Hall–Kier alpha value is -2.72. The SMILES string of the molecule is Cc1ccc(Cl)cc1Nc1ccc(NC(=O)c2ccco2)cc1. The molecule has 0 bridgehead atoms. The molecule has 5 heteroatoms. The molecule has 1 heterocycles. The number of furan rings is 1. The van der Waals surface area contributed by atoms with E-state index in [9.17, 15) is 4.79 Å². The van der Waals surface area contributed by atoms with Crippen LogP contribution in [0.4, 0.5) is 17.1 Å². The van der Waals surface area contributed by atoms with Crippen molar-refractivity contribution in [3.63, 3.8) is 0 Å². The Morgan fingerprint density at radius 2 is 1.78 bits per heavy atom. The summed E-state index contributed by atoms with van der Waals surface area (Å²) in [7, 11) is 0. The molecule has 0 unspecified atom stereocenters. The van der Waals surface area contributed by atoms with Crippen LogP contribution < -0.4 is 10.6 Å². The van der Waals surface area contributed by atoms with Crippen molar-refractivity contribution in [2.75, 3.05) is 10.6 Å². The summed E-state index contributed by atoms with van der Waals surface area (Å²) in [6.45, 7) is 2.01. The first-order chi connectivity index (χ1) is 11.1. The Kier molecular flexibility index (Phi) is 4.35. The number of hydrogen-bond donors (Lipinski definition) is 2. The Bertz CT molecular complexity index is 812. The summed E-state index contributed by atoms with van der Waals surface area (Å²) in [5.41, 5.74) is 3.65. The van der Waals surface area contributed by atoms with Crippen LogP contribution in [-0.4, -0.2) is 5.91 Å². The van der Waals surface area contributed by atoms with E-state index in [0.29, 0.717) is 10.7 Å². The highest BCUT2D eigenvalue weighted by Crippen LogP contribution is 2.25. The first-order valence-electron chi connectivity index (χ1n) is 7.10. The average molecular weight is 327 g/mol. The lowest BCUT2D eigenvalue weighted by Gasteiger charge is -2.11. The van der Waals surface area contributed by atoms with E-state index in [-0.39, 0.29) is 11.7 Å². The third-order valence-corrected chi connectivity index (χ3v) is 3.60. The van der Waals surface area contributed by atoms with Gasteiger partial charge in [-0.25, -0.2) is 0 Å². The molecule has 23 heavy (non-hydrogen) atoms. The maximum atomic E-state index is 11.9. The molecule has 0 aliphatic carbocycles. The highest BCUT2D eigenvalue weighted by Gasteiger charge is 2.08. The zero-order chi connectivity index (χ0) is 16.2. The van der Waals surface area contributed by atoms with Crippen LogP contribution in [0.3, 0.4) is 0 Å². The lowest BCUT2D eigenvalue weighted by Crippen LogP contribution is -2.10. The molecule has 2 aromatic carbocycles. The summed E-state index contributed by atoms with van der Waals surface area (Å²) in [4.78, 5) is 11.9. The van der Waals surface area contributed by atoms with Gasteiger partial charge in [0.2, 0.25) is 0 Å². The van der Waals surface area contributed by atoms with Gasteiger partial charge in [-0.2, -0.15) is 0 Å². The van der Waals surface area contributed by atoms with E-state index < -0.39 is 0 Å². The molecule has 3 aromatic rings. The average Bonchev–Trinajstić information content (AvgIpc) is 3.07. The molecule has 1 aromatic heterocycles. The Labute approximate surface area is 139 Å². The van der Waals surface area contributed by atoms with Crippen molar-refractivity contribution < 1.29 is 9.21 Å². The van der Waals surface area contributed by atoms with Crippen LogP contribution in [0.1, 0.15) is 16.1 Å². The largest absolute Gasteiger partial charge is 0.459 e. The van der Waals surface area contributed by atoms with E-state index in [1.54, 1.807) is 12.1 Å². The van der Waals surface area contributed by atoms with Crippen molar-refractivity contribution in [3.8, 4) is 0 Å². The molecule has 3 rings (SSSR count). The summed E-state index contributed by atoms with van der Waals surface area (Å²) in [5, 5.41) is 6.76. The summed E-state index contributed by atoms with van der Waals surface area (Å²) < 4.78 is 5.06. The van der Waals surface area contributed by atoms with Crippen molar-refractivity contribution >= 4 is 34.6 Å². The zero-order valence-corrected chi connectivity index (χ0v) is 13.2. The molecule has 0 saturated carbocycles. The normalized spacial score (nSPS) is 10.3. The molecule has 0 fully saturated rings. The summed E-state index contributed by atoms with van der Waals surface area (Å²) in [6, 6.07) is 16.4. The predicted molar refractivity (Wildman–Crippen MR) is 92.6 cm³/mol. The van der Waals surface area contributed by atoms with Gasteiger partial charge in [0.1, 0.15) is 0 Å². The van der Waals surface area contributed by atoms with Crippen LogP contribution >= 0.6 is 11.6 Å². The summed E-state index contributed by atoms with van der Waals surface area (Å²) in [6.07, 6.45) is 1.47. The van der Waals surface area contributed by atoms with Crippen LogP contribution in [0, 0.1) is 6.92 Å². The molecule has 2 N–H and O–H groups in total. The first kappa shape index (κ1) is 15.2. The fourth-order valence-corrected chi connectivity index (χ4v) is 2.29. The smallest absolute Gasteiger partial charge is 0.291 e. The quantitative estimate of drug-likeness (QED) is 0.689. The number of nitrogens with one attached hydrogen (secondary N) is 2. The van der Waals surface area contributed by atoms with Gasteiger partial charge < -0.3 is 15.1 Å². The highest BCUT2D eigenvalue weighted by atomic mass is 35.5. The van der Waals surface area contributed by atoms with E-state index in [1.807, 2.05) is 49.4 Å². The number of halogens is 1. The Morgan fingerprint density at radius 3 is 2.48 bits per heavy atom. The van der Waals surface area contributed by atoms with E-state index in [1.165, 1.54) is 6.26 Å². The van der Waals surface area contributed by atoms with Crippen LogP contribution in [0.5, 0.6) is 0 Å². The van der Waals surface area contributed by atoms with Gasteiger partial charge in [-0.3, -0.25) is 4.79 Å². The van der Waals surface area contributed by atoms with Crippen molar-refractivity contribution in [2.24, 2.45) is 0 Å². The lowest BCUT2D eigenvalue weighted by atomic mass is 10.2. The molecule has 0 atom stereocenters. The lowest BCUT2D eigenvalue weighted by molar-refractivity contribution is 0.0996. The van der Waals surface area contributed by atoms with Crippen LogP contribution in [0.15, 0.2) is 65.3 Å². The second-order valence-electron chi connectivity index (χ2n) is 5.09. The number of anilines is 3. The molecule has 0 aliphatic heterocycles. The van der Waals surface area contributed by atoms with Crippen molar-refractivity contribution in [1.82, 2.24) is 0 Å². The van der Waals surface area contributed by atoms with Gasteiger partial charge in [0.15, 0.2) is 5.76 Å². The van der Waals surface area contributed by atoms with Crippen molar-refractivity contribution in [1.29, 1.82) is 0 Å². The standard InChI is InChI=1S/C18H15ClN2O2/c1-12-4-5-13(19)11-16(12)20-14-6-8-15(9-7-14)21-18(22)17-3-2-10-23-17/h2-11,20H,1H3,(H,21,22). The van der Waals surface area contributed by atoms with Gasteiger partial charge in [0.25, 0.3) is 5.91 Å². The van der Waals surface area contributed by atoms with E-state index in [2.05, 4.69) is 10.6 Å². The number of carbonyl (C=O) groups is 1. The van der Waals surface area contributed by atoms with Gasteiger partial charge >= 0.3 is 0 Å². The minimum Gasteiger partial charge on any atom is -0.459 e. The van der Waals surface area contributed by atoms with E-state index in [0.717, 1.165) is 16.9 Å². The molecule has 0 radical (unpaired) electrons.